The second-order valence-corrected chi connectivity index (χ2v) is 18.1. The molecule has 0 unspecified atom stereocenters. The molecule has 0 radical (unpaired) electrons. The van der Waals surface area contributed by atoms with Crippen molar-refractivity contribution in [1.82, 2.24) is 36.8 Å². The second kappa shape index (κ2) is 30.4. The highest BCUT2D eigenvalue weighted by Crippen LogP contribution is 2.21. The van der Waals surface area contributed by atoms with E-state index in [1.54, 1.807) is 72.8 Å². The van der Waals surface area contributed by atoms with E-state index in [1.165, 1.54) is 17.0 Å². The lowest BCUT2D eigenvalue weighted by Crippen LogP contribution is -2.59. The van der Waals surface area contributed by atoms with Gasteiger partial charge in [-0.25, -0.2) is 0 Å². The van der Waals surface area contributed by atoms with Crippen LogP contribution in [0.3, 0.4) is 0 Å². The van der Waals surface area contributed by atoms with Crippen molar-refractivity contribution in [2.75, 3.05) is 26.2 Å². The smallest absolute Gasteiger partial charge is 0.245 e. The Bertz CT molecular complexity index is 2530. The van der Waals surface area contributed by atoms with E-state index < -0.39 is 108 Å². The van der Waals surface area contributed by atoms with Gasteiger partial charge in [0.2, 0.25) is 53.2 Å². The van der Waals surface area contributed by atoms with Crippen molar-refractivity contribution in [3.63, 3.8) is 0 Å². The summed E-state index contributed by atoms with van der Waals surface area (Å²) in [6.45, 7) is -0.441. The molecule has 21 N–H and O–H groups in total. The number of nitrogens with zero attached hydrogens (tertiary/aromatic N) is 3. The molecule has 0 spiro atoms. The van der Waals surface area contributed by atoms with Crippen LogP contribution in [0.5, 0.6) is 5.75 Å². The van der Waals surface area contributed by atoms with Crippen molar-refractivity contribution >= 4 is 65.1 Å². The Hall–Kier alpha value is -8.81. The van der Waals surface area contributed by atoms with Gasteiger partial charge in [0.15, 0.2) is 11.9 Å². The first-order valence-corrected chi connectivity index (χ1v) is 24.6. The number of carbonyl (C=O) groups is 9. The number of aliphatic imine (C=N–C) groups is 2. The zero-order chi connectivity index (χ0) is 55.7. The number of nitrogens with one attached hydrogen (secondary N) is 6. The van der Waals surface area contributed by atoms with Crippen LogP contribution >= 0.6 is 0 Å². The fourth-order valence-corrected chi connectivity index (χ4v) is 8.18. The Labute approximate surface area is 439 Å². The van der Waals surface area contributed by atoms with Crippen LogP contribution in [-0.2, 0) is 62.4 Å². The van der Waals surface area contributed by atoms with Gasteiger partial charge in [-0.05, 0) is 73.8 Å². The predicted octanol–water partition coefficient (Wildman–Crippen LogP) is -4.25. The van der Waals surface area contributed by atoms with Crippen LogP contribution in [0.4, 0.5) is 0 Å². The van der Waals surface area contributed by atoms with Crippen LogP contribution in [-0.4, -0.2) is 144 Å². The Balaban J connectivity index is 1.53. The average Bonchev–Trinajstić information content (AvgIpc) is 3.88. The third-order valence-electron chi connectivity index (χ3n) is 12.0. The number of likely N-dealkylation sites (tertiary alicyclic amines) is 1. The zero-order valence-corrected chi connectivity index (χ0v) is 42.0. The minimum atomic E-state index is -1.49. The van der Waals surface area contributed by atoms with Crippen molar-refractivity contribution in [2.24, 2.45) is 50.1 Å². The maximum Gasteiger partial charge on any atom is 0.245 e. The molecule has 0 aliphatic carbocycles. The molecule has 76 heavy (non-hydrogen) atoms. The Morgan fingerprint density at radius 1 is 0.579 bits per heavy atom. The van der Waals surface area contributed by atoms with Crippen molar-refractivity contribution in [2.45, 2.75) is 107 Å². The molecule has 1 aliphatic rings. The van der Waals surface area contributed by atoms with E-state index in [9.17, 15) is 48.3 Å². The number of nitrogens with two attached hydrogens (primary N) is 7. The lowest BCUT2D eigenvalue weighted by Gasteiger charge is -2.31. The molecule has 0 saturated carbocycles. The van der Waals surface area contributed by atoms with E-state index in [-0.39, 0.29) is 88.7 Å². The molecular weight excluding hydrogens is 985 g/mol. The van der Waals surface area contributed by atoms with Gasteiger partial charge in [-0.2, -0.15) is 0 Å². The monoisotopic (exact) mass is 1050 g/mol. The summed E-state index contributed by atoms with van der Waals surface area (Å²) in [5.74, 6) is -7.60. The molecule has 1 fully saturated rings. The van der Waals surface area contributed by atoms with Crippen LogP contribution in [0.25, 0.3) is 0 Å². The molecule has 1 saturated heterocycles. The number of hydrogen-bond acceptors (Lipinski definition) is 13. The van der Waals surface area contributed by atoms with E-state index in [4.69, 9.17) is 40.1 Å². The molecule has 4 rings (SSSR count). The molecule has 0 aromatic heterocycles. The summed E-state index contributed by atoms with van der Waals surface area (Å²) in [4.78, 5) is 130. The van der Waals surface area contributed by atoms with Gasteiger partial charge in [0, 0.05) is 32.5 Å². The van der Waals surface area contributed by atoms with Crippen molar-refractivity contribution in [1.29, 1.82) is 0 Å². The average molecular weight is 1060 g/mol. The molecular formula is C50H70N16O10. The highest BCUT2D eigenvalue weighted by Gasteiger charge is 2.40. The molecule has 3 aromatic carbocycles. The first-order chi connectivity index (χ1) is 36.2. The summed E-state index contributed by atoms with van der Waals surface area (Å²) >= 11 is 0. The first kappa shape index (κ1) is 59.8. The molecule has 3 aromatic rings. The number of guanidine groups is 2. The van der Waals surface area contributed by atoms with Crippen LogP contribution in [0.15, 0.2) is 94.9 Å². The number of rotatable bonds is 30. The summed E-state index contributed by atoms with van der Waals surface area (Å²) in [6.07, 6.45) is 0.220. The Kier molecular flexibility index (Phi) is 23.9. The molecule has 7 atom stereocenters. The Morgan fingerprint density at radius 3 is 1.62 bits per heavy atom. The number of amides is 9. The van der Waals surface area contributed by atoms with Gasteiger partial charge in [-0.1, -0.05) is 72.8 Å². The number of primary amides is 2. The number of carbonyl (C=O) groups excluding carboxylic acids is 9. The number of phenols is 1. The summed E-state index contributed by atoms with van der Waals surface area (Å²) in [5.41, 5.74) is 40.8. The number of hydrogen-bond donors (Lipinski definition) is 14. The topological polar surface area (TPSA) is 456 Å². The molecule has 1 heterocycles. The largest absolute Gasteiger partial charge is 0.508 e. The summed E-state index contributed by atoms with van der Waals surface area (Å²) in [7, 11) is 0. The predicted molar refractivity (Wildman–Crippen MR) is 280 cm³/mol. The third-order valence-corrected chi connectivity index (χ3v) is 12.0. The van der Waals surface area contributed by atoms with Gasteiger partial charge in [-0.3, -0.25) is 53.1 Å². The lowest BCUT2D eigenvalue weighted by atomic mass is 10.0. The third kappa shape index (κ3) is 20.6. The van der Waals surface area contributed by atoms with E-state index in [1.807, 2.05) is 0 Å². The van der Waals surface area contributed by atoms with Gasteiger partial charge in [-0.15, -0.1) is 0 Å². The van der Waals surface area contributed by atoms with E-state index in [2.05, 4.69) is 41.9 Å². The number of phenolic OH excluding ortho intramolecular Hbond substituents is 1. The second-order valence-electron chi connectivity index (χ2n) is 18.1. The van der Waals surface area contributed by atoms with Crippen LogP contribution in [0, 0.1) is 0 Å². The quantitative estimate of drug-likeness (QED) is 0.0171. The normalized spacial score (nSPS) is 15.2. The van der Waals surface area contributed by atoms with E-state index in [0.29, 0.717) is 23.1 Å². The first-order valence-electron chi connectivity index (χ1n) is 24.6. The van der Waals surface area contributed by atoms with Gasteiger partial charge in [0.05, 0.1) is 19.0 Å². The van der Waals surface area contributed by atoms with E-state index >= 15 is 0 Å². The SMILES string of the molecule is NC(=O)C[C@H](NC(=O)[C@H](CCCN=C(N)N)NC(=O)[C@@H]1CCCN1C(=O)[C@H](CCCN=C(N)N)NC(=O)[C@H](Cc1ccccc1)NC(=O)CNC(=O)[C@H](Cc1ccccc1)NC(=O)[C@@H](N)Cc1ccc(O)cc1)C(N)=O. The maximum absolute atomic E-state index is 14.6. The minimum absolute atomic E-state index is 0.0361. The molecule has 0 bridgehead atoms. The van der Waals surface area contributed by atoms with Gasteiger partial charge in [0.25, 0.3) is 0 Å². The van der Waals surface area contributed by atoms with Crippen molar-refractivity contribution in [3.8, 4) is 5.75 Å². The lowest BCUT2D eigenvalue weighted by molar-refractivity contribution is -0.142. The highest BCUT2D eigenvalue weighted by atomic mass is 16.3. The van der Waals surface area contributed by atoms with Gasteiger partial charge in [0.1, 0.15) is 42.0 Å². The van der Waals surface area contributed by atoms with Gasteiger partial charge < -0.3 is 82.0 Å². The molecule has 9 amide bonds. The zero-order valence-electron chi connectivity index (χ0n) is 42.0. The van der Waals surface area contributed by atoms with E-state index in [0.717, 1.165) is 0 Å². The summed E-state index contributed by atoms with van der Waals surface area (Å²) in [6, 6.07) is 14.8. The summed E-state index contributed by atoms with van der Waals surface area (Å²) < 4.78 is 0. The van der Waals surface area contributed by atoms with Crippen LogP contribution < -0.4 is 72.0 Å². The molecule has 410 valence electrons. The number of aromatic hydroxyl groups is 1. The summed E-state index contributed by atoms with van der Waals surface area (Å²) in [5, 5.41) is 25.3. The van der Waals surface area contributed by atoms with Crippen LogP contribution in [0.1, 0.15) is 61.6 Å². The maximum atomic E-state index is 14.6. The number of benzene rings is 3. The molecule has 26 nitrogen and oxygen atoms in total. The van der Waals surface area contributed by atoms with Gasteiger partial charge >= 0.3 is 0 Å². The van der Waals surface area contributed by atoms with Crippen molar-refractivity contribution in [3.05, 3.63) is 102 Å². The standard InChI is InChI=1S/C50H70N16O10/c51-33(24-31-17-19-32(67)20-18-31)43(71)65-37(25-29-10-3-1-4-11-29)44(72)60-28-41(69)61-38(26-30-12-5-2-6-13-30)46(74)63-35(15-8-22-59-50(56)57)48(76)66-23-9-16-39(66)47(75)62-34(14-7-21-58-49(54)55)45(73)64-36(42(53)70)27-40(52)68/h1-6,10-13,17-20,33-39,67H,7-9,14-16,21-28,51H2,(H2,52,68)(H2,53,70)(H,60,72)(H,61,69)(H,62,75)(H,63,74)(H,64,73)(H,65,71)(H4,54,55,58)(H4,56,57,59)/t33-,34-,35-,36-,37-,38-,39-/m0/s1. The minimum Gasteiger partial charge on any atom is -0.508 e. The van der Waals surface area contributed by atoms with Crippen molar-refractivity contribution < 1.29 is 48.3 Å². The molecule has 1 aliphatic heterocycles. The fourth-order valence-electron chi connectivity index (χ4n) is 8.18. The molecule has 26 heteroatoms. The Morgan fingerprint density at radius 2 is 1.08 bits per heavy atom. The highest BCUT2D eigenvalue weighted by molar-refractivity contribution is 5.98. The van der Waals surface area contributed by atoms with Crippen LogP contribution in [0.2, 0.25) is 0 Å². The fraction of sp³-hybridized carbons (Fsp3) is 0.420.